The molecule has 0 amide bonds. The number of hydrogen-bond donors (Lipinski definition) is 0. The van der Waals surface area contributed by atoms with Crippen molar-refractivity contribution in [2.24, 2.45) is 0 Å². The van der Waals surface area contributed by atoms with Crippen molar-refractivity contribution in [3.05, 3.63) is 321 Å². The van der Waals surface area contributed by atoms with Gasteiger partial charge in [0.1, 0.15) is 17.3 Å². The van der Waals surface area contributed by atoms with Crippen LogP contribution >= 0.6 is 0 Å². The molecule has 12 aromatic carbocycles. The van der Waals surface area contributed by atoms with Gasteiger partial charge in [-0.3, -0.25) is 13.7 Å². The van der Waals surface area contributed by atoms with Crippen LogP contribution < -0.4 is 9.30 Å². The van der Waals surface area contributed by atoms with Gasteiger partial charge in [-0.15, -0.1) is 0 Å². The number of para-hydroxylation sites is 4. The minimum atomic E-state index is -0.169. The third-order valence-electron chi connectivity index (χ3n) is 17.4. The van der Waals surface area contributed by atoms with Gasteiger partial charge in [-0.1, -0.05) is 226 Å². The van der Waals surface area contributed by atoms with E-state index in [1.165, 1.54) is 22.3 Å². The number of benzene rings is 12. The Bertz CT molecular complexity index is 4840. The first-order valence-electron chi connectivity index (χ1n) is 29.4. The van der Waals surface area contributed by atoms with E-state index in [2.05, 4.69) is 331 Å². The van der Waals surface area contributed by atoms with Crippen molar-refractivity contribution < 1.29 is 9.30 Å². The molecule has 3 heterocycles. The molecule has 0 radical (unpaired) electrons. The Balaban J connectivity index is 0.856. The second kappa shape index (κ2) is 20.6. The third kappa shape index (κ3) is 8.71. The smallest absolute Gasteiger partial charge is 0.269 e. The Kier molecular flexibility index (Phi) is 12.1. The molecule has 1 aliphatic rings. The fourth-order valence-corrected chi connectivity index (χ4v) is 13.2. The van der Waals surface area contributed by atoms with Crippen LogP contribution in [0.3, 0.4) is 0 Å². The average Bonchev–Trinajstić information content (AvgIpc) is 1.94. The number of nitrogens with zero attached hydrogens (tertiary/aromatic N) is 4. The van der Waals surface area contributed by atoms with Crippen LogP contribution in [0.5, 0.6) is 11.5 Å². The first kappa shape index (κ1) is 50.6. The van der Waals surface area contributed by atoms with E-state index >= 15 is 0 Å². The molecule has 406 valence electrons. The van der Waals surface area contributed by atoms with E-state index in [4.69, 9.17) is 9.72 Å². The molecule has 15 aromatic rings. The molecule has 3 aromatic heterocycles. The van der Waals surface area contributed by atoms with E-state index in [0.717, 1.165) is 123 Å². The number of fused-ring (bicyclic) bond motifs is 7. The molecule has 0 fully saturated rings. The van der Waals surface area contributed by atoms with E-state index in [9.17, 15) is 0 Å². The van der Waals surface area contributed by atoms with E-state index in [0.29, 0.717) is 5.75 Å². The zero-order chi connectivity index (χ0) is 57.3. The molecule has 5 heteroatoms. The molecular formula is C81H56N4O. The van der Waals surface area contributed by atoms with Gasteiger partial charge in [0, 0.05) is 34.0 Å². The number of pyridine rings is 1. The van der Waals surface area contributed by atoms with Crippen LogP contribution in [0.25, 0.3) is 128 Å². The summed E-state index contributed by atoms with van der Waals surface area (Å²) in [5.74, 6) is 2.31. The van der Waals surface area contributed by atoms with Gasteiger partial charge in [-0.05, 0) is 162 Å². The Morgan fingerprint density at radius 2 is 0.849 bits per heavy atom. The zero-order valence-electron chi connectivity index (χ0n) is 47.6. The molecule has 0 N–H and O–H groups in total. The van der Waals surface area contributed by atoms with Crippen molar-refractivity contribution in [3.63, 3.8) is 0 Å². The van der Waals surface area contributed by atoms with Crippen LogP contribution in [0.15, 0.2) is 303 Å². The molecule has 0 atom stereocenters. The number of rotatable bonds is 11. The molecule has 1 aliphatic carbocycles. The number of aromatic nitrogens is 4. The lowest BCUT2D eigenvalue weighted by atomic mass is 9.83. The fraction of sp³-hybridized carbons (Fsp3) is 0.0370. The van der Waals surface area contributed by atoms with E-state index < -0.39 is 0 Å². The van der Waals surface area contributed by atoms with Gasteiger partial charge in [0.2, 0.25) is 0 Å². The van der Waals surface area contributed by atoms with E-state index in [-0.39, 0.29) is 5.41 Å². The molecule has 0 aliphatic heterocycles. The quantitative estimate of drug-likeness (QED) is 0.0956. The van der Waals surface area contributed by atoms with Crippen LogP contribution in [0, 0.1) is 6.33 Å². The van der Waals surface area contributed by atoms with Gasteiger partial charge in [-0.2, -0.15) is 0 Å². The third-order valence-corrected chi connectivity index (χ3v) is 17.4. The highest BCUT2D eigenvalue weighted by Crippen LogP contribution is 2.49. The van der Waals surface area contributed by atoms with Crippen LogP contribution in [0.2, 0.25) is 0 Å². The minimum absolute atomic E-state index is 0.169. The Labute approximate surface area is 500 Å². The lowest BCUT2D eigenvalue weighted by Gasteiger charge is -2.22. The fourth-order valence-electron chi connectivity index (χ4n) is 13.2. The lowest BCUT2D eigenvalue weighted by molar-refractivity contribution is -0.571. The SMILES string of the molecule is CC1(C)c2ccccc2-c2cnc(-n3c4ccccc4c4ccc(Oc5cccc(-n6[c-][n+](-c7c(-c8cc(-c9ccccc9)cc(-c9ccccc9)c8)cccc7-c7cc(-c8ccccc8)cc(-c8ccccc8)c7)c7ccccc76)c5)cc43)cc21. The van der Waals surface area contributed by atoms with E-state index in [1.807, 2.05) is 6.07 Å². The Morgan fingerprint density at radius 3 is 1.47 bits per heavy atom. The highest BCUT2D eigenvalue weighted by atomic mass is 16.5. The summed E-state index contributed by atoms with van der Waals surface area (Å²) in [6.45, 7) is 4.64. The van der Waals surface area contributed by atoms with Gasteiger partial charge < -0.3 is 4.74 Å². The van der Waals surface area contributed by atoms with Crippen LogP contribution in [-0.2, 0) is 5.41 Å². The second-order valence-corrected chi connectivity index (χ2v) is 22.9. The average molecular weight is 1100 g/mol. The summed E-state index contributed by atoms with van der Waals surface area (Å²) >= 11 is 0. The van der Waals surface area contributed by atoms with E-state index in [1.54, 1.807) is 0 Å². The molecular weight excluding hydrogens is 1040 g/mol. The minimum Gasteiger partial charge on any atom is -0.458 e. The summed E-state index contributed by atoms with van der Waals surface area (Å²) in [5.41, 5.74) is 24.4. The monoisotopic (exact) mass is 1100 g/mol. The molecule has 0 unspecified atom stereocenters. The van der Waals surface area contributed by atoms with Gasteiger partial charge >= 0.3 is 0 Å². The first-order chi connectivity index (χ1) is 42.4. The predicted molar refractivity (Wildman–Crippen MR) is 352 cm³/mol. The van der Waals surface area contributed by atoms with Crippen molar-refractivity contribution in [1.82, 2.24) is 14.1 Å². The Morgan fingerprint density at radius 1 is 0.360 bits per heavy atom. The summed E-state index contributed by atoms with van der Waals surface area (Å²) in [7, 11) is 0. The van der Waals surface area contributed by atoms with Gasteiger partial charge in [0.05, 0.1) is 33.4 Å². The topological polar surface area (TPSA) is 35.9 Å². The second-order valence-electron chi connectivity index (χ2n) is 22.9. The lowest BCUT2D eigenvalue weighted by Crippen LogP contribution is -2.31. The summed E-state index contributed by atoms with van der Waals surface area (Å²) in [5, 5.41) is 2.30. The van der Waals surface area contributed by atoms with Gasteiger partial charge in [-0.25, -0.2) is 4.98 Å². The molecule has 0 bridgehead atoms. The summed E-state index contributed by atoms with van der Waals surface area (Å²) in [6, 6.07) is 107. The highest BCUT2D eigenvalue weighted by Gasteiger charge is 2.36. The molecule has 5 nitrogen and oxygen atoms in total. The zero-order valence-corrected chi connectivity index (χ0v) is 47.6. The largest absolute Gasteiger partial charge is 0.458 e. The maximum Gasteiger partial charge on any atom is 0.269 e. The summed E-state index contributed by atoms with van der Waals surface area (Å²) in [4.78, 5) is 5.19. The van der Waals surface area contributed by atoms with Crippen molar-refractivity contribution in [1.29, 1.82) is 0 Å². The predicted octanol–water partition coefficient (Wildman–Crippen LogP) is 20.3. The first-order valence-corrected chi connectivity index (χ1v) is 29.4. The molecule has 16 rings (SSSR count). The van der Waals surface area contributed by atoms with Crippen LogP contribution in [0.4, 0.5) is 0 Å². The normalized spacial score (nSPS) is 12.4. The maximum absolute atomic E-state index is 6.97. The standard InChI is InChI=1S/C81H56N4O/c1-81(2)73-37-17-15-33-69(73)72-52-82-79(51-74(72)81)85-75-38-18-16-34-70(75)71-42-41-66(50-78(71)85)86-65-32-21-31-64(49-65)83-53-84(77-40-20-19-39-76(77)83)80-67(62-45-58(54-23-7-3-8-24-54)43-59(46-62)55-25-9-4-10-26-55)35-22-36-68(80)63-47-60(56-27-11-5-12-28-56)44-61(48-63)57-29-13-6-14-30-57/h3-52H,1-2H3. The van der Waals surface area contributed by atoms with Gasteiger partial charge in [0.15, 0.2) is 0 Å². The van der Waals surface area contributed by atoms with Crippen molar-refractivity contribution >= 4 is 32.8 Å². The van der Waals surface area contributed by atoms with Crippen LogP contribution in [0.1, 0.15) is 25.0 Å². The number of imidazole rings is 1. The molecule has 0 saturated carbocycles. The number of ether oxygens (including phenoxy) is 1. The van der Waals surface area contributed by atoms with Crippen molar-refractivity contribution in [3.8, 4) is 107 Å². The molecule has 86 heavy (non-hydrogen) atoms. The number of hydrogen-bond acceptors (Lipinski definition) is 2. The molecule has 0 saturated heterocycles. The maximum atomic E-state index is 6.97. The van der Waals surface area contributed by atoms with Crippen molar-refractivity contribution in [2.75, 3.05) is 0 Å². The molecule has 0 spiro atoms. The van der Waals surface area contributed by atoms with Crippen LogP contribution in [-0.4, -0.2) is 14.1 Å². The van der Waals surface area contributed by atoms with Crippen molar-refractivity contribution in [2.45, 2.75) is 19.3 Å². The summed E-state index contributed by atoms with van der Waals surface area (Å²) < 4.78 is 13.7. The van der Waals surface area contributed by atoms with Gasteiger partial charge in [0.25, 0.3) is 6.33 Å². The highest BCUT2D eigenvalue weighted by molar-refractivity contribution is 6.09. The summed E-state index contributed by atoms with van der Waals surface area (Å²) in [6.07, 6.45) is 6.04. The Hall–Kier alpha value is -11.1.